The molecule has 1 fully saturated rings. The molecular formula is C12H13Cl2N3OS. The fourth-order valence-electron chi connectivity index (χ4n) is 1.67. The number of hydrogen-bond acceptors (Lipinski definition) is 2. The molecule has 1 N–H and O–H groups in total. The molecule has 1 heterocycles. The lowest BCUT2D eigenvalue weighted by molar-refractivity contribution is 0.259. The maximum Gasteiger partial charge on any atom is 0.347 e. The number of urea groups is 1. The van der Waals surface area contributed by atoms with Gasteiger partial charge in [0, 0.05) is 18.8 Å². The number of nitrogens with zero attached hydrogens (tertiary/aromatic N) is 2. The molecule has 1 aliphatic rings. The number of amides is 2. The number of carbonyl (C=O) groups is 1. The van der Waals surface area contributed by atoms with Crippen LogP contribution in [0, 0.1) is 0 Å². The van der Waals surface area contributed by atoms with Gasteiger partial charge < -0.3 is 10.2 Å². The Morgan fingerprint density at radius 1 is 1.47 bits per heavy atom. The molecule has 0 spiro atoms. The quantitative estimate of drug-likeness (QED) is 0.898. The lowest BCUT2D eigenvalue weighted by atomic mass is 10.3. The van der Waals surface area contributed by atoms with Crippen molar-refractivity contribution in [3.05, 3.63) is 28.2 Å². The van der Waals surface area contributed by atoms with E-state index in [1.165, 1.54) is 0 Å². The number of aliphatic imine (C=N–C) groups is 1. The second-order valence-corrected chi connectivity index (χ2v) is 5.73. The average Bonchev–Trinajstić information content (AvgIpc) is 2.81. The molecular weight excluding hydrogens is 305 g/mol. The van der Waals surface area contributed by atoms with Crippen LogP contribution in [-0.2, 0) is 0 Å². The number of thioether (sulfide) groups is 1. The zero-order valence-corrected chi connectivity index (χ0v) is 12.6. The van der Waals surface area contributed by atoms with E-state index in [4.69, 9.17) is 23.2 Å². The molecule has 7 heteroatoms. The van der Waals surface area contributed by atoms with E-state index >= 15 is 0 Å². The number of amidine groups is 1. The van der Waals surface area contributed by atoms with E-state index in [1.54, 1.807) is 30.0 Å². The maximum atomic E-state index is 11.9. The number of nitrogens with one attached hydrogen (secondary N) is 1. The Morgan fingerprint density at radius 3 is 2.79 bits per heavy atom. The van der Waals surface area contributed by atoms with Crippen LogP contribution < -0.4 is 5.32 Å². The fraction of sp³-hybridized carbons (Fsp3) is 0.333. The molecule has 0 radical (unpaired) electrons. The summed E-state index contributed by atoms with van der Waals surface area (Å²) in [6.07, 6.45) is 0. The third kappa shape index (κ3) is 3.55. The van der Waals surface area contributed by atoms with E-state index in [1.807, 2.05) is 6.92 Å². The van der Waals surface area contributed by atoms with E-state index in [2.05, 4.69) is 15.2 Å². The maximum absolute atomic E-state index is 11.9. The number of halogens is 2. The zero-order chi connectivity index (χ0) is 13.8. The Labute approximate surface area is 126 Å². The predicted octanol–water partition coefficient (Wildman–Crippen LogP) is 3.95. The van der Waals surface area contributed by atoms with Gasteiger partial charge in [-0.05, 0) is 19.1 Å². The first kappa shape index (κ1) is 14.5. The second kappa shape index (κ2) is 6.50. The molecule has 0 aromatic heterocycles. The third-order valence-corrected chi connectivity index (χ3v) is 4.26. The van der Waals surface area contributed by atoms with Gasteiger partial charge in [-0.1, -0.05) is 41.0 Å². The van der Waals surface area contributed by atoms with Gasteiger partial charge in [0.1, 0.15) is 0 Å². The summed E-state index contributed by atoms with van der Waals surface area (Å²) in [6, 6.07) is 4.59. The summed E-state index contributed by atoms with van der Waals surface area (Å²) >= 11 is 13.5. The van der Waals surface area contributed by atoms with Crippen molar-refractivity contribution in [3.63, 3.8) is 0 Å². The molecule has 0 atom stereocenters. The standard InChI is InChI=1S/C12H13Cl2N3OS/c1-2-17-6-7-19-12(17)16-11(18)15-10-8(13)4-3-5-9(10)14/h3-5H,2,6-7H2,1H3,(H,15,18)/b16-12-. The number of carbonyl (C=O) groups excluding carboxylic acids is 1. The summed E-state index contributed by atoms with van der Waals surface area (Å²) in [4.78, 5) is 18.0. The Balaban J connectivity index is 2.11. The summed E-state index contributed by atoms with van der Waals surface area (Å²) in [5, 5.41) is 4.15. The first-order valence-electron chi connectivity index (χ1n) is 5.83. The summed E-state index contributed by atoms with van der Waals surface area (Å²) in [5.41, 5.74) is 0.395. The van der Waals surface area contributed by atoms with Crippen molar-refractivity contribution in [2.45, 2.75) is 6.92 Å². The topological polar surface area (TPSA) is 44.7 Å². The number of anilines is 1. The molecule has 19 heavy (non-hydrogen) atoms. The molecule has 0 aliphatic carbocycles. The Morgan fingerprint density at radius 2 is 2.16 bits per heavy atom. The molecule has 2 amide bonds. The Hall–Kier alpha value is -0.910. The van der Waals surface area contributed by atoms with Crippen LogP contribution in [-0.4, -0.2) is 34.9 Å². The van der Waals surface area contributed by atoms with Gasteiger partial charge in [0.15, 0.2) is 5.17 Å². The highest BCUT2D eigenvalue weighted by molar-refractivity contribution is 8.14. The lowest BCUT2D eigenvalue weighted by Gasteiger charge is -2.14. The van der Waals surface area contributed by atoms with Crippen molar-refractivity contribution < 1.29 is 4.79 Å². The minimum atomic E-state index is -0.460. The highest BCUT2D eigenvalue weighted by atomic mass is 35.5. The molecule has 1 aromatic carbocycles. The fourth-order valence-corrected chi connectivity index (χ4v) is 3.21. The molecule has 1 aliphatic heterocycles. The van der Waals surface area contributed by atoms with Crippen molar-refractivity contribution in [2.75, 3.05) is 24.2 Å². The summed E-state index contributed by atoms with van der Waals surface area (Å²) in [7, 11) is 0. The summed E-state index contributed by atoms with van der Waals surface area (Å²) < 4.78 is 0. The van der Waals surface area contributed by atoms with Gasteiger partial charge in [-0.25, -0.2) is 4.79 Å². The van der Waals surface area contributed by atoms with Gasteiger partial charge in [0.05, 0.1) is 15.7 Å². The number of hydrogen-bond donors (Lipinski definition) is 1. The SMILES string of the molecule is CCN1CCS/C1=N\C(=O)Nc1c(Cl)cccc1Cl. The van der Waals surface area contributed by atoms with E-state index in [0.717, 1.165) is 24.0 Å². The molecule has 0 bridgehead atoms. The molecule has 1 aromatic rings. The molecule has 1 saturated heterocycles. The summed E-state index contributed by atoms with van der Waals surface area (Å²) in [5.74, 6) is 0.951. The van der Waals surface area contributed by atoms with Gasteiger partial charge in [0.25, 0.3) is 0 Å². The van der Waals surface area contributed by atoms with Gasteiger partial charge in [-0.3, -0.25) is 0 Å². The van der Waals surface area contributed by atoms with Gasteiger partial charge >= 0.3 is 6.03 Å². The van der Waals surface area contributed by atoms with Crippen LogP contribution in [0.5, 0.6) is 0 Å². The summed E-state index contributed by atoms with van der Waals surface area (Å²) in [6.45, 7) is 3.79. The third-order valence-electron chi connectivity index (χ3n) is 2.64. The van der Waals surface area contributed by atoms with Gasteiger partial charge in [0.2, 0.25) is 0 Å². The van der Waals surface area contributed by atoms with Crippen LogP contribution in [0.3, 0.4) is 0 Å². The van der Waals surface area contributed by atoms with Crippen molar-refractivity contribution in [2.24, 2.45) is 4.99 Å². The lowest BCUT2D eigenvalue weighted by Crippen LogP contribution is -2.25. The minimum Gasteiger partial charge on any atom is -0.350 e. The number of para-hydroxylation sites is 1. The van der Waals surface area contributed by atoms with Crippen LogP contribution in [0.15, 0.2) is 23.2 Å². The number of rotatable bonds is 2. The van der Waals surface area contributed by atoms with Crippen LogP contribution in [0.2, 0.25) is 10.0 Å². The van der Waals surface area contributed by atoms with Crippen LogP contribution >= 0.6 is 35.0 Å². The molecule has 4 nitrogen and oxygen atoms in total. The first-order valence-corrected chi connectivity index (χ1v) is 7.57. The van der Waals surface area contributed by atoms with E-state index in [0.29, 0.717) is 15.7 Å². The number of benzene rings is 1. The van der Waals surface area contributed by atoms with Crippen LogP contribution in [0.25, 0.3) is 0 Å². The molecule has 102 valence electrons. The highest BCUT2D eigenvalue weighted by Crippen LogP contribution is 2.30. The second-order valence-electron chi connectivity index (χ2n) is 3.85. The monoisotopic (exact) mass is 317 g/mol. The molecule has 0 saturated carbocycles. The predicted molar refractivity (Wildman–Crippen MR) is 82.6 cm³/mol. The average molecular weight is 318 g/mol. The minimum absolute atomic E-state index is 0.395. The Bertz CT molecular complexity index is 501. The molecule has 2 rings (SSSR count). The van der Waals surface area contributed by atoms with Crippen molar-refractivity contribution >= 4 is 51.8 Å². The van der Waals surface area contributed by atoms with Gasteiger partial charge in [-0.2, -0.15) is 4.99 Å². The molecule has 0 unspecified atom stereocenters. The van der Waals surface area contributed by atoms with Crippen molar-refractivity contribution in [3.8, 4) is 0 Å². The highest BCUT2D eigenvalue weighted by Gasteiger charge is 2.19. The normalized spacial score (nSPS) is 17.0. The van der Waals surface area contributed by atoms with E-state index in [-0.39, 0.29) is 0 Å². The smallest absolute Gasteiger partial charge is 0.347 e. The Kier molecular flexibility index (Phi) is 4.96. The van der Waals surface area contributed by atoms with E-state index in [9.17, 15) is 4.79 Å². The van der Waals surface area contributed by atoms with Crippen molar-refractivity contribution in [1.29, 1.82) is 0 Å². The van der Waals surface area contributed by atoms with E-state index < -0.39 is 6.03 Å². The zero-order valence-electron chi connectivity index (χ0n) is 10.3. The van der Waals surface area contributed by atoms with Crippen LogP contribution in [0.4, 0.5) is 10.5 Å². The largest absolute Gasteiger partial charge is 0.350 e. The van der Waals surface area contributed by atoms with Gasteiger partial charge in [-0.15, -0.1) is 0 Å². The van der Waals surface area contributed by atoms with Crippen molar-refractivity contribution in [1.82, 2.24) is 4.90 Å². The first-order chi connectivity index (χ1) is 9.11. The van der Waals surface area contributed by atoms with Crippen LogP contribution in [0.1, 0.15) is 6.92 Å².